The number of nitrogens with one attached hydrogen (secondary N) is 1. The van der Waals surface area contributed by atoms with E-state index in [-0.39, 0.29) is 28.3 Å². The summed E-state index contributed by atoms with van der Waals surface area (Å²) in [4.78, 5) is 11.9. The quantitative estimate of drug-likeness (QED) is 0.641. The fourth-order valence-electron chi connectivity index (χ4n) is 2.13. The van der Waals surface area contributed by atoms with E-state index in [1.54, 1.807) is 25.3 Å². The minimum absolute atomic E-state index is 0.0873. The molecule has 8 heteroatoms. The molecule has 0 aliphatic heterocycles. The molecule has 0 unspecified atom stereocenters. The van der Waals surface area contributed by atoms with Crippen LogP contribution < -0.4 is 10.1 Å². The second kappa shape index (κ2) is 8.48. The number of hydrogen-bond acceptors (Lipinski definition) is 6. The Morgan fingerprint density at radius 3 is 2.69 bits per heavy atom. The molecule has 26 heavy (non-hydrogen) atoms. The van der Waals surface area contributed by atoms with Crippen molar-refractivity contribution >= 4 is 17.7 Å². The molecule has 2 aromatic carbocycles. The monoisotopic (exact) mass is 373 g/mol. The van der Waals surface area contributed by atoms with Crippen molar-refractivity contribution in [2.24, 2.45) is 0 Å². The Hall–Kier alpha value is -2.87. The Morgan fingerprint density at radius 2 is 1.96 bits per heavy atom. The minimum Gasteiger partial charge on any atom is -0.497 e. The average molecular weight is 373 g/mol. The van der Waals surface area contributed by atoms with Crippen molar-refractivity contribution in [2.75, 3.05) is 12.9 Å². The number of hydrogen-bond donors (Lipinski definition) is 1. The van der Waals surface area contributed by atoms with E-state index < -0.39 is 5.82 Å². The predicted molar refractivity (Wildman–Crippen MR) is 95.3 cm³/mol. The van der Waals surface area contributed by atoms with Crippen LogP contribution in [0.3, 0.4) is 0 Å². The van der Waals surface area contributed by atoms with Gasteiger partial charge in [-0.1, -0.05) is 36.0 Å². The Labute approximate surface area is 153 Å². The van der Waals surface area contributed by atoms with Crippen LogP contribution >= 0.6 is 11.8 Å². The van der Waals surface area contributed by atoms with Gasteiger partial charge in [0.25, 0.3) is 11.1 Å². The van der Waals surface area contributed by atoms with Crippen molar-refractivity contribution in [1.29, 1.82) is 0 Å². The molecule has 0 aliphatic carbocycles. The molecule has 0 saturated carbocycles. The molecule has 1 amide bonds. The Morgan fingerprint density at radius 1 is 1.19 bits per heavy atom. The zero-order chi connectivity index (χ0) is 18.4. The van der Waals surface area contributed by atoms with E-state index in [1.165, 1.54) is 6.07 Å². The van der Waals surface area contributed by atoms with Crippen LogP contribution in [0.15, 0.2) is 58.2 Å². The maximum absolute atomic E-state index is 13.7. The molecule has 1 heterocycles. The highest BCUT2D eigenvalue weighted by Gasteiger charge is 2.13. The van der Waals surface area contributed by atoms with Gasteiger partial charge in [-0.3, -0.25) is 4.79 Å². The van der Waals surface area contributed by atoms with Gasteiger partial charge in [-0.2, -0.15) is 0 Å². The Balaban J connectivity index is 1.49. The number of ether oxygens (including phenoxy) is 1. The zero-order valence-electron chi connectivity index (χ0n) is 13.9. The van der Waals surface area contributed by atoms with Crippen LogP contribution in [-0.4, -0.2) is 29.0 Å². The highest BCUT2D eigenvalue weighted by molar-refractivity contribution is 7.99. The number of methoxy groups -OCH3 is 1. The van der Waals surface area contributed by atoms with Gasteiger partial charge < -0.3 is 14.5 Å². The number of thioether (sulfide) groups is 1. The predicted octanol–water partition coefficient (Wildman–Crippen LogP) is 3.29. The molecule has 0 spiro atoms. The molecule has 1 aromatic heterocycles. The van der Waals surface area contributed by atoms with Crippen LogP contribution in [-0.2, 0) is 11.3 Å². The van der Waals surface area contributed by atoms with Crippen LogP contribution in [0.1, 0.15) is 5.56 Å². The first-order valence-corrected chi connectivity index (χ1v) is 8.75. The number of carbonyl (C=O) groups excluding carboxylic acids is 1. The summed E-state index contributed by atoms with van der Waals surface area (Å²) in [5, 5.41) is 10.7. The van der Waals surface area contributed by atoms with E-state index in [2.05, 4.69) is 15.5 Å². The maximum Gasteiger partial charge on any atom is 0.277 e. The summed E-state index contributed by atoms with van der Waals surface area (Å²) < 4.78 is 24.2. The molecular weight excluding hydrogens is 357 g/mol. The van der Waals surface area contributed by atoms with Gasteiger partial charge in [0.05, 0.1) is 18.4 Å². The number of rotatable bonds is 7. The SMILES string of the molecule is COc1ccc(CNC(=O)CSc2nnc(-c3ccccc3F)o2)cc1. The van der Waals surface area contributed by atoms with E-state index >= 15 is 0 Å². The fourth-order valence-corrected chi connectivity index (χ4v) is 2.73. The van der Waals surface area contributed by atoms with Crippen LogP contribution in [0, 0.1) is 5.82 Å². The summed E-state index contributed by atoms with van der Waals surface area (Å²) in [5.74, 6) is 0.359. The number of nitrogens with zero attached hydrogens (tertiary/aromatic N) is 2. The van der Waals surface area contributed by atoms with E-state index in [0.29, 0.717) is 6.54 Å². The normalized spacial score (nSPS) is 10.5. The molecule has 1 N–H and O–H groups in total. The van der Waals surface area contributed by atoms with Crippen molar-refractivity contribution in [3.63, 3.8) is 0 Å². The molecular formula is C18H16FN3O3S. The third-order valence-corrected chi connectivity index (χ3v) is 4.30. The molecule has 3 rings (SSSR count). The first-order valence-electron chi connectivity index (χ1n) is 7.76. The lowest BCUT2D eigenvalue weighted by Crippen LogP contribution is -2.24. The summed E-state index contributed by atoms with van der Waals surface area (Å²) in [6.45, 7) is 0.410. The van der Waals surface area contributed by atoms with Gasteiger partial charge >= 0.3 is 0 Å². The standard InChI is InChI=1S/C18H16FN3O3S/c1-24-13-8-6-12(7-9-13)10-20-16(23)11-26-18-22-21-17(25-18)14-4-2-3-5-15(14)19/h2-9H,10-11H2,1H3,(H,20,23). The van der Waals surface area contributed by atoms with Gasteiger partial charge in [0.2, 0.25) is 5.91 Å². The van der Waals surface area contributed by atoms with Crippen molar-refractivity contribution in [3.05, 3.63) is 59.9 Å². The fraction of sp³-hybridized carbons (Fsp3) is 0.167. The van der Waals surface area contributed by atoms with Crippen LogP contribution in [0.4, 0.5) is 4.39 Å². The Bertz CT molecular complexity index is 883. The van der Waals surface area contributed by atoms with Gasteiger partial charge in [0, 0.05) is 6.54 Å². The topological polar surface area (TPSA) is 77.2 Å². The van der Waals surface area contributed by atoms with Crippen LogP contribution in [0.5, 0.6) is 5.75 Å². The first-order chi connectivity index (χ1) is 12.7. The zero-order valence-corrected chi connectivity index (χ0v) is 14.8. The smallest absolute Gasteiger partial charge is 0.277 e. The summed E-state index contributed by atoms with van der Waals surface area (Å²) in [7, 11) is 1.60. The lowest BCUT2D eigenvalue weighted by molar-refractivity contribution is -0.118. The Kier molecular flexibility index (Phi) is 5.85. The van der Waals surface area contributed by atoms with Crippen molar-refractivity contribution in [3.8, 4) is 17.2 Å². The van der Waals surface area contributed by atoms with E-state index in [1.807, 2.05) is 24.3 Å². The maximum atomic E-state index is 13.7. The molecule has 0 aliphatic rings. The summed E-state index contributed by atoms with van der Waals surface area (Å²) in [5.41, 5.74) is 1.19. The molecule has 134 valence electrons. The van der Waals surface area contributed by atoms with Crippen molar-refractivity contribution < 1.29 is 18.3 Å². The number of aromatic nitrogens is 2. The minimum atomic E-state index is -0.440. The molecule has 0 bridgehead atoms. The van der Waals surface area contributed by atoms with E-state index in [0.717, 1.165) is 23.1 Å². The molecule has 0 radical (unpaired) electrons. The van der Waals surface area contributed by atoms with Gasteiger partial charge in [-0.05, 0) is 29.8 Å². The first kappa shape index (κ1) is 17.9. The summed E-state index contributed by atoms with van der Waals surface area (Å²) in [6, 6.07) is 13.6. The van der Waals surface area contributed by atoms with Crippen LogP contribution in [0.2, 0.25) is 0 Å². The number of amides is 1. The van der Waals surface area contributed by atoms with E-state index in [9.17, 15) is 9.18 Å². The lowest BCUT2D eigenvalue weighted by Gasteiger charge is -2.05. The van der Waals surface area contributed by atoms with Gasteiger partial charge in [0.1, 0.15) is 11.6 Å². The van der Waals surface area contributed by atoms with Gasteiger partial charge in [-0.25, -0.2) is 4.39 Å². The van der Waals surface area contributed by atoms with Crippen molar-refractivity contribution in [2.45, 2.75) is 11.8 Å². The number of benzene rings is 2. The molecule has 0 saturated heterocycles. The largest absolute Gasteiger partial charge is 0.497 e. The molecule has 0 fully saturated rings. The highest BCUT2D eigenvalue weighted by atomic mass is 32.2. The molecule has 3 aromatic rings. The third kappa shape index (κ3) is 4.60. The third-order valence-electron chi connectivity index (χ3n) is 3.49. The second-order valence-corrected chi connectivity index (χ2v) is 6.19. The lowest BCUT2D eigenvalue weighted by atomic mass is 10.2. The summed E-state index contributed by atoms with van der Waals surface area (Å²) in [6.07, 6.45) is 0. The average Bonchev–Trinajstić information content (AvgIpc) is 3.14. The summed E-state index contributed by atoms with van der Waals surface area (Å²) >= 11 is 1.10. The van der Waals surface area contributed by atoms with Crippen molar-refractivity contribution in [1.82, 2.24) is 15.5 Å². The number of carbonyl (C=O) groups is 1. The van der Waals surface area contributed by atoms with Crippen LogP contribution in [0.25, 0.3) is 11.5 Å². The second-order valence-electron chi connectivity index (χ2n) is 5.27. The van der Waals surface area contributed by atoms with Gasteiger partial charge in [-0.15, -0.1) is 10.2 Å². The van der Waals surface area contributed by atoms with E-state index in [4.69, 9.17) is 9.15 Å². The van der Waals surface area contributed by atoms with Gasteiger partial charge in [0.15, 0.2) is 0 Å². The molecule has 0 atom stereocenters. The molecule has 6 nitrogen and oxygen atoms in total. The highest BCUT2D eigenvalue weighted by Crippen LogP contribution is 2.24. The number of halogens is 1.